The third kappa shape index (κ3) is 6.60. The highest BCUT2D eigenvalue weighted by Gasteiger charge is 2.20. The number of nitrogens with one attached hydrogen (secondary N) is 1. The molecule has 1 aromatic carbocycles. The number of hydrogen-bond donors (Lipinski definition) is 2. The third-order valence-corrected chi connectivity index (χ3v) is 3.84. The van der Waals surface area contributed by atoms with Crippen LogP contribution in [0.25, 0.3) is 0 Å². The Morgan fingerprint density at radius 2 is 1.81 bits per heavy atom. The van der Waals surface area contributed by atoms with E-state index < -0.39 is 0 Å². The lowest BCUT2D eigenvalue weighted by Crippen LogP contribution is -2.37. The Hall–Kier alpha value is -0.900. The van der Waals surface area contributed by atoms with Crippen molar-refractivity contribution in [1.29, 1.82) is 0 Å². The summed E-state index contributed by atoms with van der Waals surface area (Å²) in [4.78, 5) is 2.37. The van der Waals surface area contributed by atoms with Gasteiger partial charge in [-0.3, -0.25) is 0 Å². The molecule has 0 aliphatic rings. The molecule has 2 unspecified atom stereocenters. The van der Waals surface area contributed by atoms with Crippen LogP contribution in [0.4, 0.5) is 0 Å². The van der Waals surface area contributed by atoms with Crippen LogP contribution in [0.15, 0.2) is 30.3 Å². The summed E-state index contributed by atoms with van der Waals surface area (Å²) in [5.74, 6) is 0.511. The topological polar surface area (TPSA) is 35.5 Å². The molecule has 1 aromatic rings. The van der Waals surface area contributed by atoms with E-state index in [1.807, 2.05) is 0 Å². The first-order valence-corrected chi connectivity index (χ1v) is 8.34. The molecular formula is C18H32N2O. The molecule has 3 heteroatoms. The van der Waals surface area contributed by atoms with Gasteiger partial charge in [-0.1, -0.05) is 51.1 Å². The maximum Gasteiger partial charge on any atom is 0.0558 e. The highest BCUT2D eigenvalue weighted by atomic mass is 16.3. The fourth-order valence-electron chi connectivity index (χ4n) is 2.87. The zero-order chi connectivity index (χ0) is 15.5. The maximum atomic E-state index is 9.22. The molecule has 0 spiro atoms. The van der Waals surface area contributed by atoms with Gasteiger partial charge in [-0.15, -0.1) is 0 Å². The van der Waals surface area contributed by atoms with E-state index >= 15 is 0 Å². The zero-order valence-electron chi connectivity index (χ0n) is 13.9. The van der Waals surface area contributed by atoms with Gasteiger partial charge in [0.2, 0.25) is 0 Å². The molecule has 1 rings (SSSR count). The minimum Gasteiger partial charge on any atom is -0.395 e. The van der Waals surface area contributed by atoms with E-state index in [0.29, 0.717) is 12.0 Å². The van der Waals surface area contributed by atoms with E-state index in [4.69, 9.17) is 0 Å². The molecule has 21 heavy (non-hydrogen) atoms. The van der Waals surface area contributed by atoms with Gasteiger partial charge < -0.3 is 15.3 Å². The van der Waals surface area contributed by atoms with Crippen molar-refractivity contribution in [1.82, 2.24) is 10.2 Å². The number of nitrogens with zero attached hydrogens (tertiary/aromatic N) is 1. The Labute approximate surface area is 130 Å². The molecule has 2 N–H and O–H groups in total. The summed E-state index contributed by atoms with van der Waals surface area (Å²) in [5, 5.41) is 12.9. The van der Waals surface area contributed by atoms with Crippen LogP contribution < -0.4 is 5.32 Å². The Kier molecular flexibility index (Phi) is 9.31. The van der Waals surface area contributed by atoms with E-state index in [0.717, 1.165) is 39.0 Å². The Morgan fingerprint density at radius 3 is 2.38 bits per heavy atom. The van der Waals surface area contributed by atoms with Crippen molar-refractivity contribution in [2.24, 2.45) is 5.92 Å². The van der Waals surface area contributed by atoms with Gasteiger partial charge in [0, 0.05) is 19.1 Å². The number of hydrogen-bond acceptors (Lipinski definition) is 3. The summed E-state index contributed by atoms with van der Waals surface area (Å²) in [6, 6.07) is 11.1. The van der Waals surface area contributed by atoms with Crippen LogP contribution in [0.1, 0.15) is 45.2 Å². The molecule has 3 nitrogen and oxygen atoms in total. The summed E-state index contributed by atoms with van der Waals surface area (Å²) in [6.45, 7) is 10.8. The molecule has 0 saturated carbocycles. The normalized spacial score (nSPS) is 14.3. The van der Waals surface area contributed by atoms with Crippen molar-refractivity contribution < 1.29 is 5.11 Å². The Bertz CT molecular complexity index is 349. The van der Waals surface area contributed by atoms with E-state index in [2.05, 4.69) is 61.3 Å². The fourth-order valence-corrected chi connectivity index (χ4v) is 2.87. The summed E-state index contributed by atoms with van der Waals surface area (Å²) in [5.41, 5.74) is 1.36. The Morgan fingerprint density at radius 1 is 1.10 bits per heavy atom. The van der Waals surface area contributed by atoms with Gasteiger partial charge in [-0.2, -0.15) is 0 Å². The summed E-state index contributed by atoms with van der Waals surface area (Å²) < 4.78 is 0. The first kappa shape index (κ1) is 18.1. The zero-order valence-corrected chi connectivity index (χ0v) is 13.9. The van der Waals surface area contributed by atoms with Gasteiger partial charge in [0.15, 0.2) is 0 Å². The highest BCUT2D eigenvalue weighted by Crippen LogP contribution is 2.23. The molecular weight excluding hydrogens is 260 g/mol. The second kappa shape index (κ2) is 10.8. The molecule has 0 heterocycles. The largest absolute Gasteiger partial charge is 0.395 e. The SMILES string of the molecule is CCCNC(c1ccccc1)C(C)CN(CCC)CCO. The van der Waals surface area contributed by atoms with Crippen LogP contribution in [0.2, 0.25) is 0 Å². The van der Waals surface area contributed by atoms with Gasteiger partial charge in [-0.25, -0.2) is 0 Å². The van der Waals surface area contributed by atoms with Crippen LogP contribution in [0.5, 0.6) is 0 Å². The first-order chi connectivity index (χ1) is 10.2. The van der Waals surface area contributed by atoms with Crippen molar-refractivity contribution in [2.75, 3.05) is 32.8 Å². The fraction of sp³-hybridized carbons (Fsp3) is 0.667. The molecule has 0 amide bonds. The van der Waals surface area contributed by atoms with Crippen molar-refractivity contribution in [2.45, 2.75) is 39.7 Å². The van der Waals surface area contributed by atoms with Gasteiger partial charge in [0.05, 0.1) is 6.61 Å². The van der Waals surface area contributed by atoms with Crippen LogP contribution in [-0.2, 0) is 0 Å². The van der Waals surface area contributed by atoms with Crippen molar-refractivity contribution >= 4 is 0 Å². The van der Waals surface area contributed by atoms with Crippen molar-refractivity contribution in [3.8, 4) is 0 Å². The quantitative estimate of drug-likeness (QED) is 0.658. The predicted octanol–water partition coefficient (Wildman–Crippen LogP) is 3.07. The summed E-state index contributed by atoms with van der Waals surface area (Å²) in [6.07, 6.45) is 2.27. The first-order valence-electron chi connectivity index (χ1n) is 8.34. The molecule has 2 atom stereocenters. The molecule has 0 saturated heterocycles. The molecule has 0 aliphatic heterocycles. The van der Waals surface area contributed by atoms with Gasteiger partial charge in [-0.05, 0) is 37.4 Å². The van der Waals surface area contributed by atoms with Gasteiger partial charge >= 0.3 is 0 Å². The maximum absolute atomic E-state index is 9.22. The summed E-state index contributed by atoms with van der Waals surface area (Å²) in [7, 11) is 0. The van der Waals surface area contributed by atoms with Crippen molar-refractivity contribution in [3.05, 3.63) is 35.9 Å². The lowest BCUT2D eigenvalue weighted by Gasteiger charge is -2.31. The smallest absolute Gasteiger partial charge is 0.0558 e. The molecule has 0 radical (unpaired) electrons. The third-order valence-electron chi connectivity index (χ3n) is 3.84. The second-order valence-corrected chi connectivity index (χ2v) is 5.84. The molecule has 0 fully saturated rings. The second-order valence-electron chi connectivity index (χ2n) is 5.84. The van der Waals surface area contributed by atoms with E-state index in [1.54, 1.807) is 0 Å². The van der Waals surface area contributed by atoms with Crippen molar-refractivity contribution in [3.63, 3.8) is 0 Å². The molecule has 120 valence electrons. The molecule has 0 aromatic heterocycles. The average molecular weight is 292 g/mol. The van der Waals surface area contributed by atoms with Crippen LogP contribution >= 0.6 is 0 Å². The standard InChI is InChI=1S/C18H32N2O/c1-4-11-19-18(17-9-7-6-8-10-17)16(3)15-20(12-5-2)13-14-21/h6-10,16,18-19,21H,4-5,11-15H2,1-3H3. The highest BCUT2D eigenvalue weighted by molar-refractivity contribution is 5.19. The average Bonchev–Trinajstić information content (AvgIpc) is 2.49. The lowest BCUT2D eigenvalue weighted by atomic mass is 9.93. The van der Waals surface area contributed by atoms with Gasteiger partial charge in [0.25, 0.3) is 0 Å². The lowest BCUT2D eigenvalue weighted by molar-refractivity contribution is 0.166. The number of rotatable bonds is 11. The minimum atomic E-state index is 0.241. The molecule has 0 bridgehead atoms. The van der Waals surface area contributed by atoms with E-state index in [9.17, 15) is 5.11 Å². The number of aliphatic hydroxyl groups is 1. The van der Waals surface area contributed by atoms with Gasteiger partial charge in [0.1, 0.15) is 0 Å². The molecule has 0 aliphatic carbocycles. The predicted molar refractivity (Wildman–Crippen MR) is 90.5 cm³/mol. The van der Waals surface area contributed by atoms with Crippen LogP contribution in [-0.4, -0.2) is 42.8 Å². The van der Waals surface area contributed by atoms with E-state index in [-0.39, 0.29) is 6.61 Å². The number of benzene rings is 1. The van der Waals surface area contributed by atoms with E-state index in [1.165, 1.54) is 5.56 Å². The minimum absolute atomic E-state index is 0.241. The monoisotopic (exact) mass is 292 g/mol. The Balaban J connectivity index is 2.72. The van der Waals surface area contributed by atoms with Crippen LogP contribution in [0.3, 0.4) is 0 Å². The number of aliphatic hydroxyl groups excluding tert-OH is 1. The summed E-state index contributed by atoms with van der Waals surface area (Å²) >= 11 is 0. The van der Waals surface area contributed by atoms with Crippen LogP contribution in [0, 0.1) is 5.92 Å².